The molecular weight excluding hydrogens is 230 g/mol. The van der Waals surface area contributed by atoms with Crippen molar-refractivity contribution in [3.05, 3.63) is 30.1 Å². The Balaban J connectivity index is 1.89. The van der Waals surface area contributed by atoms with Crippen molar-refractivity contribution in [3.8, 4) is 0 Å². The number of aromatic nitrogens is 1. The summed E-state index contributed by atoms with van der Waals surface area (Å²) < 4.78 is 0. The van der Waals surface area contributed by atoms with Crippen molar-refractivity contribution in [1.82, 2.24) is 9.88 Å². The van der Waals surface area contributed by atoms with Crippen LogP contribution in [0.25, 0.3) is 0 Å². The Morgan fingerprint density at radius 2 is 2.28 bits per heavy atom. The number of hydrogen-bond donors (Lipinski definition) is 2. The lowest BCUT2D eigenvalue weighted by Crippen LogP contribution is -2.48. The third kappa shape index (κ3) is 3.27. The minimum absolute atomic E-state index is 0.0363. The molecule has 1 amide bonds. The van der Waals surface area contributed by atoms with Gasteiger partial charge in [0.05, 0.1) is 12.1 Å². The molecule has 3 N–H and O–H groups in total. The van der Waals surface area contributed by atoms with E-state index in [1.807, 2.05) is 12.1 Å². The summed E-state index contributed by atoms with van der Waals surface area (Å²) in [5.74, 6) is -0.0363. The van der Waals surface area contributed by atoms with Crippen LogP contribution in [0.15, 0.2) is 24.5 Å². The van der Waals surface area contributed by atoms with Crippen LogP contribution in [0.3, 0.4) is 0 Å². The predicted molar refractivity (Wildman–Crippen MR) is 67.7 cm³/mol. The zero-order valence-electron chi connectivity index (χ0n) is 10.3. The van der Waals surface area contributed by atoms with Crippen LogP contribution in [0.2, 0.25) is 0 Å². The van der Waals surface area contributed by atoms with Gasteiger partial charge in [0.2, 0.25) is 5.91 Å². The molecular formula is C13H19N3O2. The summed E-state index contributed by atoms with van der Waals surface area (Å²) in [6, 6.07) is 3.23. The van der Waals surface area contributed by atoms with E-state index in [1.165, 1.54) is 0 Å². The molecule has 1 aliphatic rings. The van der Waals surface area contributed by atoms with Crippen LogP contribution in [0, 0.1) is 0 Å². The Morgan fingerprint density at radius 3 is 2.89 bits per heavy atom. The lowest BCUT2D eigenvalue weighted by molar-refractivity contribution is -0.134. The molecule has 1 unspecified atom stereocenters. The van der Waals surface area contributed by atoms with Gasteiger partial charge >= 0.3 is 0 Å². The number of piperidine rings is 1. The Morgan fingerprint density at radius 1 is 1.56 bits per heavy atom. The molecule has 0 aromatic carbocycles. The van der Waals surface area contributed by atoms with Gasteiger partial charge in [-0.25, -0.2) is 0 Å². The number of amides is 1. The molecule has 0 bridgehead atoms. The highest BCUT2D eigenvalue weighted by Crippen LogP contribution is 2.12. The van der Waals surface area contributed by atoms with Gasteiger partial charge in [0.25, 0.3) is 0 Å². The second-order valence-corrected chi connectivity index (χ2v) is 4.73. The molecule has 18 heavy (non-hydrogen) atoms. The zero-order valence-corrected chi connectivity index (χ0v) is 10.3. The summed E-state index contributed by atoms with van der Waals surface area (Å²) in [6.45, 7) is 1.20. The maximum atomic E-state index is 12.1. The van der Waals surface area contributed by atoms with Gasteiger partial charge in [-0.2, -0.15) is 0 Å². The average Bonchev–Trinajstić information content (AvgIpc) is 2.40. The van der Waals surface area contributed by atoms with Crippen molar-refractivity contribution >= 4 is 5.91 Å². The van der Waals surface area contributed by atoms with Crippen LogP contribution >= 0.6 is 0 Å². The first-order chi connectivity index (χ1) is 8.66. The van der Waals surface area contributed by atoms with Crippen molar-refractivity contribution in [3.63, 3.8) is 0 Å². The molecule has 1 aromatic heterocycles. The Bertz CT molecular complexity index is 388. The van der Waals surface area contributed by atoms with Crippen LogP contribution < -0.4 is 5.73 Å². The molecule has 1 saturated heterocycles. The van der Waals surface area contributed by atoms with Crippen LogP contribution in [0.5, 0.6) is 0 Å². The Kier molecular flexibility index (Phi) is 4.28. The molecule has 0 spiro atoms. The van der Waals surface area contributed by atoms with Crippen molar-refractivity contribution in [1.29, 1.82) is 0 Å². The van der Waals surface area contributed by atoms with Crippen molar-refractivity contribution < 1.29 is 9.90 Å². The Labute approximate surface area is 107 Å². The maximum Gasteiger partial charge on any atom is 0.239 e. The van der Waals surface area contributed by atoms with E-state index in [9.17, 15) is 9.90 Å². The van der Waals surface area contributed by atoms with Gasteiger partial charge in [-0.3, -0.25) is 9.78 Å². The number of rotatable bonds is 3. The highest BCUT2D eigenvalue weighted by atomic mass is 16.3. The van der Waals surface area contributed by atoms with Crippen molar-refractivity contribution in [2.75, 3.05) is 13.1 Å². The number of likely N-dealkylation sites (tertiary alicyclic amines) is 1. The SMILES string of the molecule is NC(Cc1cccnc1)C(=O)N1CCC(O)CC1. The van der Waals surface area contributed by atoms with Crippen LogP contribution in [-0.2, 0) is 11.2 Å². The molecule has 2 heterocycles. The summed E-state index contributed by atoms with van der Waals surface area (Å²) in [6.07, 6.45) is 4.95. The first-order valence-corrected chi connectivity index (χ1v) is 6.28. The van der Waals surface area contributed by atoms with E-state index < -0.39 is 6.04 Å². The molecule has 1 aliphatic heterocycles. The molecule has 0 aliphatic carbocycles. The number of aliphatic hydroxyl groups excluding tert-OH is 1. The maximum absolute atomic E-state index is 12.1. The van der Waals surface area contributed by atoms with E-state index in [2.05, 4.69) is 4.98 Å². The van der Waals surface area contributed by atoms with Crippen molar-refractivity contribution in [2.45, 2.75) is 31.4 Å². The van der Waals surface area contributed by atoms with Gasteiger partial charge in [0.15, 0.2) is 0 Å². The molecule has 5 nitrogen and oxygen atoms in total. The third-order valence-corrected chi connectivity index (χ3v) is 3.27. The monoisotopic (exact) mass is 249 g/mol. The van der Waals surface area contributed by atoms with Gasteiger partial charge in [-0.1, -0.05) is 6.07 Å². The fraction of sp³-hybridized carbons (Fsp3) is 0.538. The summed E-state index contributed by atoms with van der Waals surface area (Å²) in [5.41, 5.74) is 6.90. The number of hydrogen-bond acceptors (Lipinski definition) is 4. The first-order valence-electron chi connectivity index (χ1n) is 6.28. The highest BCUT2D eigenvalue weighted by molar-refractivity contribution is 5.82. The van der Waals surface area contributed by atoms with E-state index in [0.29, 0.717) is 32.4 Å². The van der Waals surface area contributed by atoms with E-state index in [1.54, 1.807) is 17.3 Å². The van der Waals surface area contributed by atoms with E-state index in [0.717, 1.165) is 5.56 Å². The highest BCUT2D eigenvalue weighted by Gasteiger charge is 2.25. The minimum atomic E-state index is -0.524. The van der Waals surface area contributed by atoms with Gasteiger partial charge < -0.3 is 15.7 Å². The first kappa shape index (κ1) is 13.0. The van der Waals surface area contributed by atoms with Gasteiger partial charge in [-0.15, -0.1) is 0 Å². The molecule has 1 aromatic rings. The number of carbonyl (C=O) groups excluding carboxylic acids is 1. The van der Waals surface area contributed by atoms with E-state index in [-0.39, 0.29) is 12.0 Å². The van der Waals surface area contributed by atoms with Gasteiger partial charge in [0.1, 0.15) is 0 Å². The van der Waals surface area contributed by atoms with Crippen LogP contribution in [-0.4, -0.2) is 46.1 Å². The lowest BCUT2D eigenvalue weighted by atomic mass is 10.0. The second kappa shape index (κ2) is 5.93. The smallest absolute Gasteiger partial charge is 0.239 e. The fourth-order valence-electron chi connectivity index (χ4n) is 2.18. The molecule has 1 fully saturated rings. The second-order valence-electron chi connectivity index (χ2n) is 4.73. The van der Waals surface area contributed by atoms with Gasteiger partial charge in [-0.05, 0) is 30.9 Å². The number of pyridine rings is 1. The number of aliphatic hydroxyl groups is 1. The molecule has 5 heteroatoms. The molecule has 0 radical (unpaired) electrons. The number of nitrogens with two attached hydrogens (primary N) is 1. The summed E-state index contributed by atoms with van der Waals surface area (Å²) >= 11 is 0. The normalized spacial score (nSPS) is 18.7. The topological polar surface area (TPSA) is 79.5 Å². The number of nitrogens with zero attached hydrogens (tertiary/aromatic N) is 2. The third-order valence-electron chi connectivity index (χ3n) is 3.27. The standard InChI is InChI=1S/C13H19N3O2/c14-12(8-10-2-1-5-15-9-10)13(18)16-6-3-11(17)4-7-16/h1-2,5,9,11-12,17H,3-4,6-8,14H2. The summed E-state index contributed by atoms with van der Waals surface area (Å²) in [4.78, 5) is 17.9. The van der Waals surface area contributed by atoms with E-state index in [4.69, 9.17) is 5.73 Å². The largest absolute Gasteiger partial charge is 0.393 e. The predicted octanol–water partition coefficient (Wildman–Crippen LogP) is -0.0653. The summed E-state index contributed by atoms with van der Waals surface area (Å²) in [7, 11) is 0. The lowest BCUT2D eigenvalue weighted by Gasteiger charge is -2.31. The molecule has 1 atom stereocenters. The Hall–Kier alpha value is -1.46. The fourth-order valence-corrected chi connectivity index (χ4v) is 2.18. The van der Waals surface area contributed by atoms with Crippen LogP contribution in [0.1, 0.15) is 18.4 Å². The summed E-state index contributed by atoms with van der Waals surface area (Å²) in [5, 5.41) is 9.41. The van der Waals surface area contributed by atoms with Gasteiger partial charge in [0, 0.05) is 25.5 Å². The van der Waals surface area contributed by atoms with Crippen LogP contribution in [0.4, 0.5) is 0 Å². The minimum Gasteiger partial charge on any atom is -0.393 e. The molecule has 2 rings (SSSR count). The van der Waals surface area contributed by atoms with E-state index >= 15 is 0 Å². The number of carbonyl (C=O) groups is 1. The molecule has 98 valence electrons. The quantitative estimate of drug-likeness (QED) is 0.786. The zero-order chi connectivity index (χ0) is 13.0. The van der Waals surface area contributed by atoms with Crippen molar-refractivity contribution in [2.24, 2.45) is 5.73 Å². The average molecular weight is 249 g/mol. The molecule has 0 saturated carbocycles.